The van der Waals surface area contributed by atoms with Crippen LogP contribution in [0, 0.1) is 6.92 Å². The number of rotatable bonds is 5. The van der Waals surface area contributed by atoms with Crippen molar-refractivity contribution >= 4 is 17.9 Å². The maximum atomic E-state index is 11.6. The van der Waals surface area contributed by atoms with E-state index in [0.29, 0.717) is 0 Å². The molecule has 0 spiro atoms. The minimum Gasteiger partial charge on any atom is -0.455 e. The minimum absolute atomic E-state index is 0.105. The van der Waals surface area contributed by atoms with E-state index in [1.165, 1.54) is 0 Å². The molecular weight excluding hydrogens is 272 g/mol. The first-order valence-corrected chi connectivity index (χ1v) is 6.85. The highest BCUT2D eigenvalue weighted by Crippen LogP contribution is 2.18. The van der Waals surface area contributed by atoms with Crippen LogP contribution >= 0.6 is 0 Å². The van der Waals surface area contributed by atoms with E-state index in [2.05, 4.69) is 10.6 Å². The molecule has 6 heteroatoms. The first-order valence-electron chi connectivity index (χ1n) is 6.85. The van der Waals surface area contributed by atoms with Crippen molar-refractivity contribution in [2.45, 2.75) is 32.2 Å². The summed E-state index contributed by atoms with van der Waals surface area (Å²) >= 11 is 0. The molecule has 1 aromatic rings. The van der Waals surface area contributed by atoms with Crippen molar-refractivity contribution in [3.63, 3.8) is 0 Å². The molecule has 0 aromatic heterocycles. The summed E-state index contributed by atoms with van der Waals surface area (Å²) in [5.74, 6) is -1.13. The Morgan fingerprint density at radius 1 is 1.24 bits per heavy atom. The van der Waals surface area contributed by atoms with Gasteiger partial charge in [0.15, 0.2) is 6.61 Å². The van der Waals surface area contributed by atoms with Gasteiger partial charge in [-0.2, -0.15) is 0 Å². The summed E-state index contributed by atoms with van der Waals surface area (Å²) in [7, 11) is 0. The predicted molar refractivity (Wildman–Crippen MR) is 75.5 cm³/mol. The number of ether oxygens (including phenoxy) is 1. The van der Waals surface area contributed by atoms with Gasteiger partial charge in [0, 0.05) is 6.04 Å². The smallest absolute Gasteiger partial charge is 0.321 e. The number of aryl methyl sites for hydroxylation is 1. The third-order valence-electron chi connectivity index (χ3n) is 3.13. The van der Waals surface area contributed by atoms with Crippen molar-refractivity contribution in [3.8, 4) is 0 Å². The molecule has 1 aliphatic rings. The summed E-state index contributed by atoms with van der Waals surface area (Å²) in [5.41, 5.74) is 1.84. The fourth-order valence-corrected chi connectivity index (χ4v) is 1.77. The summed E-state index contributed by atoms with van der Waals surface area (Å²) in [6.07, 6.45) is 1.98. The van der Waals surface area contributed by atoms with Gasteiger partial charge in [-0.25, -0.2) is 4.79 Å². The first kappa shape index (κ1) is 15.0. The Bertz CT molecular complexity index is 552. The zero-order chi connectivity index (χ0) is 15.2. The maximum absolute atomic E-state index is 11.6. The molecule has 3 amide bonds. The summed E-state index contributed by atoms with van der Waals surface area (Å²) < 4.78 is 4.85. The van der Waals surface area contributed by atoms with Crippen molar-refractivity contribution in [2.75, 3.05) is 6.61 Å². The van der Waals surface area contributed by atoms with Gasteiger partial charge < -0.3 is 10.1 Å². The highest BCUT2D eigenvalue weighted by Gasteiger charge is 2.24. The van der Waals surface area contributed by atoms with E-state index in [0.717, 1.165) is 24.0 Å². The van der Waals surface area contributed by atoms with Crippen molar-refractivity contribution in [1.29, 1.82) is 0 Å². The van der Waals surface area contributed by atoms with Crippen LogP contribution < -0.4 is 10.6 Å². The Morgan fingerprint density at radius 2 is 1.95 bits per heavy atom. The molecule has 0 aliphatic heterocycles. The molecule has 112 valence electrons. The molecule has 21 heavy (non-hydrogen) atoms. The maximum Gasteiger partial charge on any atom is 0.321 e. The quantitative estimate of drug-likeness (QED) is 0.794. The van der Waals surface area contributed by atoms with Crippen molar-refractivity contribution < 1.29 is 19.1 Å². The number of carbonyl (C=O) groups is 3. The fourth-order valence-electron chi connectivity index (χ4n) is 1.77. The number of amides is 3. The van der Waals surface area contributed by atoms with Gasteiger partial charge in [-0.15, -0.1) is 0 Å². The predicted octanol–water partition coefficient (Wildman–Crippen LogP) is 1.07. The van der Waals surface area contributed by atoms with Crippen LogP contribution in [0.4, 0.5) is 4.79 Å². The van der Waals surface area contributed by atoms with E-state index >= 15 is 0 Å². The lowest BCUT2D eigenvalue weighted by Gasteiger charge is -2.07. The number of hydrogen-bond acceptors (Lipinski definition) is 4. The topological polar surface area (TPSA) is 84.5 Å². The van der Waals surface area contributed by atoms with Gasteiger partial charge >= 0.3 is 12.0 Å². The lowest BCUT2D eigenvalue weighted by molar-refractivity contribution is -0.147. The lowest BCUT2D eigenvalue weighted by atomic mass is 10.1. The summed E-state index contributed by atoms with van der Waals surface area (Å²) in [5, 5.41) is 4.72. The molecule has 1 saturated carbocycles. The van der Waals surface area contributed by atoms with Crippen molar-refractivity contribution in [2.24, 2.45) is 0 Å². The van der Waals surface area contributed by atoms with Gasteiger partial charge in [0.25, 0.3) is 5.91 Å². The first-order chi connectivity index (χ1) is 10.0. The van der Waals surface area contributed by atoms with Crippen LogP contribution in [-0.2, 0) is 20.7 Å². The number of imide groups is 1. The average molecular weight is 290 g/mol. The Balaban J connectivity index is 1.69. The van der Waals surface area contributed by atoms with Crippen LogP contribution in [0.3, 0.4) is 0 Å². The van der Waals surface area contributed by atoms with E-state index in [1.54, 1.807) is 0 Å². The summed E-state index contributed by atoms with van der Waals surface area (Å²) in [6, 6.07) is 7.08. The molecule has 0 radical (unpaired) electrons. The molecule has 1 aromatic carbocycles. The third-order valence-corrected chi connectivity index (χ3v) is 3.13. The Hall–Kier alpha value is -2.37. The Kier molecular flexibility index (Phi) is 4.92. The summed E-state index contributed by atoms with van der Waals surface area (Å²) in [4.78, 5) is 34.4. The van der Waals surface area contributed by atoms with Gasteiger partial charge in [-0.1, -0.05) is 24.3 Å². The van der Waals surface area contributed by atoms with Crippen molar-refractivity contribution in [3.05, 3.63) is 35.4 Å². The zero-order valence-corrected chi connectivity index (χ0v) is 11.8. The number of esters is 1. The van der Waals surface area contributed by atoms with Crippen LogP contribution in [0.1, 0.15) is 24.0 Å². The second kappa shape index (κ2) is 6.88. The van der Waals surface area contributed by atoms with E-state index in [4.69, 9.17) is 4.74 Å². The van der Waals surface area contributed by atoms with E-state index in [9.17, 15) is 14.4 Å². The number of hydrogen-bond donors (Lipinski definition) is 2. The molecule has 2 rings (SSSR count). The minimum atomic E-state index is -0.633. The van der Waals surface area contributed by atoms with Crippen LogP contribution in [0.15, 0.2) is 24.3 Å². The highest BCUT2D eigenvalue weighted by molar-refractivity contribution is 5.95. The lowest BCUT2D eigenvalue weighted by Crippen LogP contribution is -2.42. The molecule has 0 unspecified atom stereocenters. The summed E-state index contributed by atoms with van der Waals surface area (Å²) in [6.45, 7) is 1.44. The molecule has 0 saturated heterocycles. The molecule has 1 fully saturated rings. The second-order valence-corrected chi connectivity index (χ2v) is 5.06. The number of nitrogens with one attached hydrogen (secondary N) is 2. The number of benzene rings is 1. The second-order valence-electron chi connectivity index (χ2n) is 5.06. The fraction of sp³-hybridized carbons (Fsp3) is 0.400. The Morgan fingerprint density at radius 3 is 2.62 bits per heavy atom. The molecule has 2 N–H and O–H groups in total. The highest BCUT2D eigenvalue weighted by atomic mass is 16.5. The van der Waals surface area contributed by atoms with Crippen LogP contribution in [0.25, 0.3) is 0 Å². The molecule has 6 nitrogen and oxygen atoms in total. The molecule has 0 heterocycles. The van der Waals surface area contributed by atoms with Crippen LogP contribution in [-0.4, -0.2) is 30.6 Å². The normalized spacial score (nSPS) is 13.4. The monoisotopic (exact) mass is 290 g/mol. The van der Waals surface area contributed by atoms with Gasteiger partial charge in [-0.3, -0.25) is 14.9 Å². The van der Waals surface area contributed by atoms with E-state index in [-0.39, 0.29) is 12.5 Å². The van der Waals surface area contributed by atoms with Gasteiger partial charge in [0.1, 0.15) is 0 Å². The third kappa shape index (κ3) is 5.25. The van der Waals surface area contributed by atoms with E-state index < -0.39 is 24.5 Å². The number of urea groups is 1. The molecule has 0 atom stereocenters. The van der Waals surface area contributed by atoms with Gasteiger partial charge in [0.2, 0.25) is 0 Å². The molecule has 1 aliphatic carbocycles. The van der Waals surface area contributed by atoms with Crippen molar-refractivity contribution in [1.82, 2.24) is 10.6 Å². The standard InChI is InChI=1S/C15H18N2O4/c1-10-4-2-3-5-11(10)8-14(19)21-9-13(18)17-15(20)16-12-6-7-12/h2-5,12H,6-9H2,1H3,(H2,16,17,18,20). The molecule has 0 bridgehead atoms. The molecular formula is C15H18N2O4. The SMILES string of the molecule is Cc1ccccc1CC(=O)OCC(=O)NC(=O)NC1CC1. The van der Waals surface area contributed by atoms with Gasteiger partial charge in [-0.05, 0) is 30.9 Å². The average Bonchev–Trinajstić information content (AvgIpc) is 3.23. The number of carbonyl (C=O) groups excluding carboxylic acids is 3. The van der Waals surface area contributed by atoms with Crippen LogP contribution in [0.2, 0.25) is 0 Å². The zero-order valence-electron chi connectivity index (χ0n) is 11.8. The van der Waals surface area contributed by atoms with Crippen LogP contribution in [0.5, 0.6) is 0 Å². The van der Waals surface area contributed by atoms with Gasteiger partial charge in [0.05, 0.1) is 6.42 Å². The Labute approximate surface area is 122 Å². The largest absolute Gasteiger partial charge is 0.455 e. The van der Waals surface area contributed by atoms with E-state index in [1.807, 2.05) is 31.2 Å².